The van der Waals surface area contributed by atoms with Crippen molar-refractivity contribution in [3.8, 4) is 0 Å². The number of aryl methyl sites for hydroxylation is 2. The van der Waals surface area contributed by atoms with Crippen molar-refractivity contribution in [3.05, 3.63) is 17.3 Å². The maximum Gasteiger partial charge on any atom is 0.273 e. The second kappa shape index (κ2) is 6.88. The largest absolute Gasteiger partial charge is 0.445 e. The Bertz CT molecular complexity index is 450. The molecule has 1 amide bonds. The zero-order valence-corrected chi connectivity index (χ0v) is 12.7. The lowest BCUT2D eigenvalue weighted by atomic mass is 9.94. The zero-order chi connectivity index (χ0) is 14.5. The van der Waals surface area contributed by atoms with Crippen molar-refractivity contribution in [2.45, 2.75) is 52.0 Å². The van der Waals surface area contributed by atoms with Crippen LogP contribution in [0, 0.1) is 13.8 Å². The van der Waals surface area contributed by atoms with Crippen LogP contribution < -0.4 is 5.32 Å². The Morgan fingerprint density at radius 1 is 1.35 bits per heavy atom. The first-order valence-corrected chi connectivity index (χ1v) is 7.50. The molecule has 5 heteroatoms. The van der Waals surface area contributed by atoms with Crippen molar-refractivity contribution in [2.24, 2.45) is 0 Å². The number of hydrogen-bond donors (Lipinski definition) is 1. The van der Waals surface area contributed by atoms with E-state index in [0.717, 1.165) is 6.54 Å². The molecule has 0 bridgehead atoms. The highest BCUT2D eigenvalue weighted by Gasteiger charge is 2.18. The van der Waals surface area contributed by atoms with E-state index in [0.29, 0.717) is 29.9 Å². The summed E-state index contributed by atoms with van der Waals surface area (Å²) < 4.78 is 5.28. The van der Waals surface area contributed by atoms with Crippen LogP contribution in [0.4, 0.5) is 0 Å². The Morgan fingerprint density at radius 3 is 2.65 bits per heavy atom. The first kappa shape index (κ1) is 15.0. The summed E-state index contributed by atoms with van der Waals surface area (Å²) in [5.74, 6) is 0.976. The van der Waals surface area contributed by atoms with E-state index in [1.54, 1.807) is 13.8 Å². The Morgan fingerprint density at radius 2 is 2.05 bits per heavy atom. The highest BCUT2D eigenvalue weighted by Crippen LogP contribution is 2.21. The maximum absolute atomic E-state index is 12.0. The molecular weight excluding hydrogens is 254 g/mol. The van der Waals surface area contributed by atoms with Crippen molar-refractivity contribution < 1.29 is 9.21 Å². The predicted molar refractivity (Wildman–Crippen MR) is 77.8 cm³/mol. The number of nitrogens with one attached hydrogen (secondary N) is 1. The summed E-state index contributed by atoms with van der Waals surface area (Å²) in [7, 11) is 2.15. The number of nitrogens with zero attached hydrogens (tertiary/aromatic N) is 2. The summed E-state index contributed by atoms with van der Waals surface area (Å²) in [6.07, 6.45) is 6.60. The fourth-order valence-electron chi connectivity index (χ4n) is 2.87. The van der Waals surface area contributed by atoms with Gasteiger partial charge in [0.1, 0.15) is 5.76 Å². The third-order valence-corrected chi connectivity index (χ3v) is 4.07. The molecule has 1 saturated carbocycles. The monoisotopic (exact) mass is 279 g/mol. The van der Waals surface area contributed by atoms with Crippen LogP contribution in [0.5, 0.6) is 0 Å². The topological polar surface area (TPSA) is 58.4 Å². The number of hydrogen-bond acceptors (Lipinski definition) is 4. The molecule has 0 spiro atoms. The highest BCUT2D eigenvalue weighted by atomic mass is 16.4. The molecule has 5 nitrogen and oxygen atoms in total. The molecule has 20 heavy (non-hydrogen) atoms. The molecule has 112 valence electrons. The molecule has 0 aliphatic heterocycles. The number of likely N-dealkylation sites (N-methyl/N-ethyl adjacent to an activating group) is 1. The van der Waals surface area contributed by atoms with Crippen molar-refractivity contribution in [3.63, 3.8) is 0 Å². The molecular formula is C15H25N3O2. The van der Waals surface area contributed by atoms with Gasteiger partial charge >= 0.3 is 0 Å². The Hall–Kier alpha value is -1.36. The van der Waals surface area contributed by atoms with Gasteiger partial charge in [0.2, 0.25) is 0 Å². The van der Waals surface area contributed by atoms with Gasteiger partial charge in [0.15, 0.2) is 11.6 Å². The van der Waals surface area contributed by atoms with Crippen LogP contribution in [-0.4, -0.2) is 42.0 Å². The van der Waals surface area contributed by atoms with Crippen LogP contribution >= 0.6 is 0 Å². The minimum atomic E-state index is -0.142. The number of carbonyl (C=O) groups excluding carboxylic acids is 1. The van der Waals surface area contributed by atoms with Crippen molar-refractivity contribution >= 4 is 5.91 Å². The van der Waals surface area contributed by atoms with E-state index in [1.165, 1.54) is 32.1 Å². The summed E-state index contributed by atoms with van der Waals surface area (Å²) in [6.45, 7) is 5.05. The minimum Gasteiger partial charge on any atom is -0.445 e. The van der Waals surface area contributed by atoms with E-state index in [9.17, 15) is 4.79 Å². The molecule has 1 aliphatic carbocycles. The summed E-state index contributed by atoms with van der Waals surface area (Å²) in [5.41, 5.74) is 0.405. The van der Waals surface area contributed by atoms with Gasteiger partial charge in [0.25, 0.3) is 5.91 Å². The average molecular weight is 279 g/mol. The highest BCUT2D eigenvalue weighted by molar-refractivity contribution is 5.93. The van der Waals surface area contributed by atoms with Gasteiger partial charge in [-0.15, -0.1) is 0 Å². The van der Waals surface area contributed by atoms with E-state index in [2.05, 4.69) is 22.2 Å². The van der Waals surface area contributed by atoms with Gasteiger partial charge in [-0.2, -0.15) is 0 Å². The maximum atomic E-state index is 12.0. The first-order valence-electron chi connectivity index (χ1n) is 7.50. The first-order chi connectivity index (χ1) is 9.58. The third-order valence-electron chi connectivity index (χ3n) is 4.07. The number of rotatable bonds is 5. The van der Waals surface area contributed by atoms with Crippen molar-refractivity contribution in [1.29, 1.82) is 0 Å². The molecule has 2 rings (SSSR count). The Balaban J connectivity index is 1.75. The van der Waals surface area contributed by atoms with Gasteiger partial charge in [-0.1, -0.05) is 19.3 Å². The molecule has 0 unspecified atom stereocenters. The number of amides is 1. The number of oxazole rings is 1. The van der Waals surface area contributed by atoms with Gasteiger partial charge in [-0.3, -0.25) is 4.79 Å². The molecule has 0 radical (unpaired) electrons. The third kappa shape index (κ3) is 3.82. The van der Waals surface area contributed by atoms with Crippen molar-refractivity contribution in [1.82, 2.24) is 15.2 Å². The lowest BCUT2D eigenvalue weighted by Crippen LogP contribution is -2.39. The van der Waals surface area contributed by atoms with Crippen LogP contribution in [0.1, 0.15) is 54.2 Å². The second-order valence-electron chi connectivity index (χ2n) is 5.67. The fourth-order valence-corrected chi connectivity index (χ4v) is 2.87. The van der Waals surface area contributed by atoms with Crippen LogP contribution in [0.2, 0.25) is 0 Å². The molecule has 0 atom stereocenters. The van der Waals surface area contributed by atoms with E-state index < -0.39 is 0 Å². The summed E-state index contributed by atoms with van der Waals surface area (Å²) in [6, 6.07) is 0.677. The van der Waals surface area contributed by atoms with Gasteiger partial charge < -0.3 is 14.6 Å². The molecule has 1 N–H and O–H groups in total. The SMILES string of the molecule is Cc1nc(C(=O)NCCN(C)C2CCCCC2)c(C)o1. The summed E-state index contributed by atoms with van der Waals surface area (Å²) in [4.78, 5) is 18.5. The van der Waals surface area contributed by atoms with Crippen LogP contribution in [0.25, 0.3) is 0 Å². The van der Waals surface area contributed by atoms with Gasteiger partial charge in [0, 0.05) is 26.1 Å². The van der Waals surface area contributed by atoms with E-state index in [-0.39, 0.29) is 5.91 Å². The normalized spacial score (nSPS) is 16.6. The molecule has 1 aliphatic rings. The molecule has 1 aromatic rings. The smallest absolute Gasteiger partial charge is 0.273 e. The standard InChI is InChI=1S/C15H25N3O2/c1-11-14(17-12(2)20-11)15(19)16-9-10-18(3)13-7-5-4-6-8-13/h13H,4-10H2,1-3H3,(H,16,19). The molecule has 1 heterocycles. The van der Waals surface area contributed by atoms with E-state index >= 15 is 0 Å². The predicted octanol–water partition coefficient (Wildman–Crippen LogP) is 2.29. The quantitative estimate of drug-likeness (QED) is 0.898. The Kier molecular flexibility index (Phi) is 5.17. The minimum absolute atomic E-state index is 0.142. The molecule has 1 fully saturated rings. The fraction of sp³-hybridized carbons (Fsp3) is 0.733. The van der Waals surface area contributed by atoms with Gasteiger partial charge in [-0.05, 0) is 26.8 Å². The summed E-state index contributed by atoms with van der Waals surface area (Å²) in [5, 5.41) is 2.92. The lowest BCUT2D eigenvalue weighted by molar-refractivity contribution is 0.0938. The Labute approximate surface area is 120 Å². The lowest BCUT2D eigenvalue weighted by Gasteiger charge is -2.31. The summed E-state index contributed by atoms with van der Waals surface area (Å²) >= 11 is 0. The van der Waals surface area contributed by atoms with Gasteiger partial charge in [0.05, 0.1) is 0 Å². The van der Waals surface area contributed by atoms with Crippen LogP contribution in [-0.2, 0) is 0 Å². The van der Waals surface area contributed by atoms with Gasteiger partial charge in [-0.25, -0.2) is 4.98 Å². The van der Waals surface area contributed by atoms with E-state index in [4.69, 9.17) is 4.42 Å². The van der Waals surface area contributed by atoms with E-state index in [1.807, 2.05) is 0 Å². The molecule has 0 aromatic carbocycles. The second-order valence-corrected chi connectivity index (χ2v) is 5.67. The number of aromatic nitrogens is 1. The zero-order valence-electron chi connectivity index (χ0n) is 12.7. The van der Waals surface area contributed by atoms with Crippen molar-refractivity contribution in [2.75, 3.05) is 20.1 Å². The number of carbonyl (C=O) groups is 1. The molecule has 1 aromatic heterocycles. The average Bonchev–Trinajstić information content (AvgIpc) is 2.78. The molecule has 0 saturated heterocycles. The van der Waals surface area contributed by atoms with Crippen LogP contribution in [0.3, 0.4) is 0 Å². The van der Waals surface area contributed by atoms with Crippen LogP contribution in [0.15, 0.2) is 4.42 Å².